The maximum atomic E-state index is 11.2. The van der Waals surface area contributed by atoms with Gasteiger partial charge in [0.2, 0.25) is 5.91 Å². The molecule has 0 saturated carbocycles. The number of ether oxygens (including phenoxy) is 2. The Balaban J connectivity index is 0.00000450. The molecule has 30 heavy (non-hydrogen) atoms. The van der Waals surface area contributed by atoms with E-state index >= 15 is 0 Å². The molecule has 0 radical (unpaired) electrons. The van der Waals surface area contributed by atoms with E-state index in [9.17, 15) is 4.79 Å². The van der Waals surface area contributed by atoms with Crippen LogP contribution in [0.25, 0.3) is 0 Å². The zero-order chi connectivity index (χ0) is 21.1. The monoisotopic (exact) mass is 533 g/mol. The number of nitrogens with one attached hydrogen (secondary N) is 3. The summed E-state index contributed by atoms with van der Waals surface area (Å²) in [6.07, 6.45) is 0. The van der Waals surface area contributed by atoms with Crippen LogP contribution in [0.3, 0.4) is 0 Å². The summed E-state index contributed by atoms with van der Waals surface area (Å²) in [5, 5.41) is 9.47. The highest BCUT2D eigenvalue weighted by atomic mass is 127. The third kappa shape index (κ3) is 9.48. The first-order chi connectivity index (χ1) is 14.0. The van der Waals surface area contributed by atoms with Crippen molar-refractivity contribution in [2.45, 2.75) is 26.8 Å². The number of amides is 1. The minimum Gasteiger partial charge on any atom is -0.492 e. The van der Waals surface area contributed by atoms with E-state index in [2.05, 4.69) is 39.7 Å². The Hall–Kier alpha value is -1.59. The number of hydrogen-bond donors (Lipinski definition) is 3. The Morgan fingerprint density at radius 3 is 2.63 bits per heavy atom. The molecule has 0 aliphatic carbocycles. The highest BCUT2D eigenvalue weighted by molar-refractivity contribution is 14.0. The molecule has 8 nitrogen and oxygen atoms in total. The standard InChI is InChI=1S/C21H35N5O3.HI/c1-16(2)20(26-9-12-28-13-10-26)15-24-21(22-4)23-8-11-29-19-7-5-6-18(14-19)25-17(3)27;/h5-7,14,16,20H,8-13,15H2,1-4H3,(H,25,27)(H2,22,23,24);1H. The van der Waals surface area contributed by atoms with Gasteiger partial charge < -0.3 is 25.4 Å². The van der Waals surface area contributed by atoms with Gasteiger partial charge in [0.25, 0.3) is 0 Å². The zero-order valence-electron chi connectivity index (χ0n) is 18.4. The van der Waals surface area contributed by atoms with Crippen molar-refractivity contribution < 1.29 is 14.3 Å². The summed E-state index contributed by atoms with van der Waals surface area (Å²) < 4.78 is 11.2. The number of morpholine rings is 1. The second kappa shape index (κ2) is 14.4. The molecule has 0 bridgehead atoms. The summed E-state index contributed by atoms with van der Waals surface area (Å²) in [7, 11) is 1.77. The number of nitrogens with zero attached hydrogens (tertiary/aromatic N) is 2. The van der Waals surface area contributed by atoms with E-state index in [1.807, 2.05) is 24.3 Å². The minimum atomic E-state index is -0.101. The third-order valence-electron chi connectivity index (χ3n) is 4.80. The van der Waals surface area contributed by atoms with Crippen molar-refractivity contribution in [3.8, 4) is 5.75 Å². The second-order valence-corrected chi connectivity index (χ2v) is 7.40. The largest absolute Gasteiger partial charge is 0.492 e. The number of aliphatic imine (C=N–C) groups is 1. The summed E-state index contributed by atoms with van der Waals surface area (Å²) >= 11 is 0. The van der Waals surface area contributed by atoms with Gasteiger partial charge in [0, 0.05) is 51.4 Å². The van der Waals surface area contributed by atoms with Crippen molar-refractivity contribution >= 4 is 41.5 Å². The van der Waals surface area contributed by atoms with Gasteiger partial charge in [0.05, 0.1) is 19.8 Å². The first kappa shape index (κ1) is 26.4. The number of halogens is 1. The molecular formula is C21H36IN5O3. The molecule has 1 aromatic carbocycles. The Kier molecular flexibility index (Phi) is 12.7. The smallest absolute Gasteiger partial charge is 0.221 e. The van der Waals surface area contributed by atoms with Gasteiger partial charge in [-0.25, -0.2) is 0 Å². The molecule has 170 valence electrons. The Labute approximate surface area is 197 Å². The van der Waals surface area contributed by atoms with Crippen molar-refractivity contribution in [1.29, 1.82) is 0 Å². The number of guanidine groups is 1. The minimum absolute atomic E-state index is 0. The van der Waals surface area contributed by atoms with Crippen molar-refractivity contribution in [1.82, 2.24) is 15.5 Å². The molecule has 1 saturated heterocycles. The molecule has 1 atom stereocenters. The number of carbonyl (C=O) groups excluding carboxylic acids is 1. The summed E-state index contributed by atoms with van der Waals surface area (Å²) in [6.45, 7) is 11.5. The SMILES string of the molecule is CN=C(NCCOc1cccc(NC(C)=O)c1)NCC(C(C)C)N1CCOCC1.I. The fourth-order valence-corrected chi connectivity index (χ4v) is 3.32. The average Bonchev–Trinajstić information content (AvgIpc) is 2.70. The molecule has 1 aliphatic heterocycles. The van der Waals surface area contributed by atoms with Crippen LogP contribution in [-0.2, 0) is 9.53 Å². The van der Waals surface area contributed by atoms with Gasteiger partial charge in [-0.1, -0.05) is 19.9 Å². The fourth-order valence-electron chi connectivity index (χ4n) is 3.32. The van der Waals surface area contributed by atoms with E-state index in [-0.39, 0.29) is 29.9 Å². The second-order valence-electron chi connectivity index (χ2n) is 7.40. The topological polar surface area (TPSA) is 87.2 Å². The first-order valence-electron chi connectivity index (χ1n) is 10.3. The van der Waals surface area contributed by atoms with Crippen LogP contribution in [0.4, 0.5) is 5.69 Å². The lowest BCUT2D eigenvalue weighted by molar-refractivity contribution is -0.114. The predicted octanol–water partition coefficient (Wildman–Crippen LogP) is 2.16. The lowest BCUT2D eigenvalue weighted by atomic mass is 10.0. The number of rotatable bonds is 9. The van der Waals surface area contributed by atoms with Gasteiger partial charge in [0.1, 0.15) is 12.4 Å². The van der Waals surface area contributed by atoms with E-state index in [0.717, 1.165) is 44.5 Å². The van der Waals surface area contributed by atoms with Gasteiger partial charge in [-0.3, -0.25) is 14.7 Å². The van der Waals surface area contributed by atoms with Crippen LogP contribution in [0.2, 0.25) is 0 Å². The molecule has 1 amide bonds. The molecular weight excluding hydrogens is 497 g/mol. The third-order valence-corrected chi connectivity index (χ3v) is 4.80. The van der Waals surface area contributed by atoms with Crippen molar-refractivity contribution in [3.05, 3.63) is 24.3 Å². The van der Waals surface area contributed by atoms with E-state index in [4.69, 9.17) is 9.47 Å². The van der Waals surface area contributed by atoms with E-state index in [1.165, 1.54) is 6.92 Å². The molecule has 2 rings (SSSR count). The quantitative estimate of drug-likeness (QED) is 0.195. The zero-order valence-corrected chi connectivity index (χ0v) is 20.8. The van der Waals surface area contributed by atoms with Crippen LogP contribution in [0.15, 0.2) is 29.3 Å². The molecule has 1 fully saturated rings. The number of hydrogen-bond acceptors (Lipinski definition) is 5. The Morgan fingerprint density at radius 2 is 2.00 bits per heavy atom. The summed E-state index contributed by atoms with van der Waals surface area (Å²) in [5.74, 6) is 1.92. The molecule has 1 unspecified atom stereocenters. The molecule has 0 aromatic heterocycles. The van der Waals surface area contributed by atoms with Crippen LogP contribution in [0.5, 0.6) is 5.75 Å². The van der Waals surface area contributed by atoms with Crippen LogP contribution in [0.1, 0.15) is 20.8 Å². The average molecular weight is 533 g/mol. The van der Waals surface area contributed by atoms with Gasteiger partial charge in [-0.15, -0.1) is 24.0 Å². The molecule has 9 heteroatoms. The first-order valence-corrected chi connectivity index (χ1v) is 10.3. The fraction of sp³-hybridized carbons (Fsp3) is 0.619. The maximum Gasteiger partial charge on any atom is 0.221 e. The molecule has 1 aromatic rings. The number of anilines is 1. The van der Waals surface area contributed by atoms with Crippen LogP contribution in [-0.4, -0.2) is 75.9 Å². The van der Waals surface area contributed by atoms with Crippen molar-refractivity contribution in [2.75, 3.05) is 58.4 Å². The van der Waals surface area contributed by atoms with Crippen LogP contribution in [0, 0.1) is 5.92 Å². The van der Waals surface area contributed by atoms with Gasteiger partial charge >= 0.3 is 0 Å². The highest BCUT2D eigenvalue weighted by Crippen LogP contribution is 2.17. The molecule has 0 spiro atoms. The van der Waals surface area contributed by atoms with E-state index in [1.54, 1.807) is 7.05 Å². The summed E-state index contributed by atoms with van der Waals surface area (Å²) in [6, 6.07) is 7.80. The summed E-state index contributed by atoms with van der Waals surface area (Å²) in [4.78, 5) is 17.9. The normalized spacial score (nSPS) is 15.8. The van der Waals surface area contributed by atoms with Crippen molar-refractivity contribution in [3.63, 3.8) is 0 Å². The summed E-state index contributed by atoms with van der Waals surface area (Å²) in [5.41, 5.74) is 0.725. The van der Waals surface area contributed by atoms with Gasteiger partial charge in [0.15, 0.2) is 5.96 Å². The lowest BCUT2D eigenvalue weighted by Gasteiger charge is -2.37. The van der Waals surface area contributed by atoms with Crippen LogP contribution >= 0.6 is 24.0 Å². The predicted molar refractivity (Wildman–Crippen MR) is 132 cm³/mol. The Morgan fingerprint density at radius 1 is 1.27 bits per heavy atom. The number of benzene rings is 1. The van der Waals surface area contributed by atoms with E-state index in [0.29, 0.717) is 30.9 Å². The Bertz CT molecular complexity index is 666. The van der Waals surface area contributed by atoms with E-state index < -0.39 is 0 Å². The molecule has 1 aliphatic rings. The molecule has 3 N–H and O–H groups in total. The number of carbonyl (C=O) groups is 1. The van der Waals surface area contributed by atoms with Crippen LogP contribution < -0.4 is 20.7 Å². The van der Waals surface area contributed by atoms with Crippen molar-refractivity contribution in [2.24, 2.45) is 10.9 Å². The molecule has 1 heterocycles. The lowest BCUT2D eigenvalue weighted by Crippen LogP contribution is -2.52. The van der Waals surface area contributed by atoms with Gasteiger partial charge in [-0.2, -0.15) is 0 Å². The van der Waals surface area contributed by atoms with Gasteiger partial charge in [-0.05, 0) is 18.1 Å². The maximum absolute atomic E-state index is 11.2. The highest BCUT2D eigenvalue weighted by Gasteiger charge is 2.23.